The lowest BCUT2D eigenvalue weighted by molar-refractivity contribution is 0.180. The molecule has 0 heterocycles. The molecule has 1 aromatic rings. The summed E-state index contributed by atoms with van der Waals surface area (Å²) in [5.41, 5.74) is 3.67. The molecule has 12 heavy (non-hydrogen) atoms. The molecule has 1 aliphatic carbocycles. The van der Waals surface area contributed by atoms with Crippen LogP contribution >= 0.6 is 15.9 Å². The van der Waals surface area contributed by atoms with Crippen molar-refractivity contribution in [3.8, 4) is 0 Å². The second kappa shape index (κ2) is 2.86. The summed E-state index contributed by atoms with van der Waals surface area (Å²) >= 11 is 3.47. The molecule has 0 saturated heterocycles. The van der Waals surface area contributed by atoms with Crippen molar-refractivity contribution in [2.75, 3.05) is 0 Å². The van der Waals surface area contributed by atoms with Crippen molar-refractivity contribution >= 4 is 15.9 Å². The van der Waals surface area contributed by atoms with Gasteiger partial charge in [-0.1, -0.05) is 22.0 Å². The van der Waals surface area contributed by atoms with Crippen molar-refractivity contribution in [1.82, 2.24) is 0 Å². The van der Waals surface area contributed by atoms with Gasteiger partial charge in [-0.3, -0.25) is 0 Å². The Morgan fingerprint density at radius 3 is 3.00 bits per heavy atom. The third-order valence-corrected chi connectivity index (χ3v) is 3.32. The zero-order valence-electron chi connectivity index (χ0n) is 6.97. The van der Waals surface area contributed by atoms with Gasteiger partial charge in [0.1, 0.15) is 0 Å². The molecule has 1 nitrogen and oxygen atoms in total. The van der Waals surface area contributed by atoms with Crippen molar-refractivity contribution < 1.29 is 5.11 Å². The molecule has 1 aliphatic rings. The van der Waals surface area contributed by atoms with Crippen LogP contribution in [-0.2, 0) is 6.42 Å². The van der Waals surface area contributed by atoms with E-state index in [9.17, 15) is 5.11 Å². The molecule has 2 rings (SSSR count). The highest BCUT2D eigenvalue weighted by Crippen LogP contribution is 2.34. The quantitative estimate of drug-likeness (QED) is 0.722. The van der Waals surface area contributed by atoms with Crippen LogP contribution in [-0.4, -0.2) is 5.11 Å². The van der Waals surface area contributed by atoms with Crippen molar-refractivity contribution in [2.24, 2.45) is 0 Å². The first kappa shape index (κ1) is 8.27. The Morgan fingerprint density at radius 1 is 1.50 bits per heavy atom. The monoisotopic (exact) mass is 226 g/mol. The summed E-state index contributed by atoms with van der Waals surface area (Å²) in [6.45, 7) is 2.08. The summed E-state index contributed by atoms with van der Waals surface area (Å²) in [4.78, 5) is 0. The molecule has 1 atom stereocenters. The highest BCUT2D eigenvalue weighted by molar-refractivity contribution is 9.10. The fourth-order valence-electron chi connectivity index (χ4n) is 1.73. The van der Waals surface area contributed by atoms with E-state index in [0.717, 1.165) is 22.9 Å². The number of aryl methyl sites for hydroxylation is 2. The summed E-state index contributed by atoms with van der Waals surface area (Å²) in [5.74, 6) is 0. The van der Waals surface area contributed by atoms with Crippen LogP contribution in [0.4, 0.5) is 0 Å². The maximum atomic E-state index is 9.58. The average molecular weight is 227 g/mol. The van der Waals surface area contributed by atoms with Gasteiger partial charge in [0.05, 0.1) is 6.10 Å². The van der Waals surface area contributed by atoms with Gasteiger partial charge in [0.25, 0.3) is 0 Å². The lowest BCUT2D eigenvalue weighted by Crippen LogP contribution is -1.91. The van der Waals surface area contributed by atoms with Crippen LogP contribution in [0.5, 0.6) is 0 Å². The van der Waals surface area contributed by atoms with Crippen molar-refractivity contribution in [3.63, 3.8) is 0 Å². The standard InChI is InChI=1S/C10H11BrO/c1-6-4-7-2-3-10(12)8(7)5-9(6)11/h4-5,10,12H,2-3H2,1H3. The van der Waals surface area contributed by atoms with Crippen molar-refractivity contribution in [3.05, 3.63) is 33.3 Å². The Hall–Kier alpha value is -0.340. The van der Waals surface area contributed by atoms with Gasteiger partial charge in [-0.2, -0.15) is 0 Å². The first-order chi connectivity index (χ1) is 5.68. The number of hydrogen-bond donors (Lipinski definition) is 1. The minimum atomic E-state index is -0.239. The number of aliphatic hydroxyl groups is 1. The van der Waals surface area contributed by atoms with Crippen molar-refractivity contribution in [2.45, 2.75) is 25.9 Å². The zero-order valence-corrected chi connectivity index (χ0v) is 8.56. The van der Waals surface area contributed by atoms with Crippen LogP contribution in [0.25, 0.3) is 0 Å². The van der Waals surface area contributed by atoms with E-state index in [-0.39, 0.29) is 6.10 Å². The predicted molar refractivity (Wildman–Crippen MR) is 52.2 cm³/mol. The molecular weight excluding hydrogens is 216 g/mol. The molecule has 0 spiro atoms. The molecular formula is C10H11BrO. The van der Waals surface area contributed by atoms with E-state index >= 15 is 0 Å². The lowest BCUT2D eigenvalue weighted by Gasteiger charge is -2.06. The Morgan fingerprint density at radius 2 is 2.25 bits per heavy atom. The van der Waals surface area contributed by atoms with E-state index < -0.39 is 0 Å². The lowest BCUT2D eigenvalue weighted by atomic mass is 10.1. The van der Waals surface area contributed by atoms with E-state index in [2.05, 4.69) is 28.9 Å². The molecule has 0 aliphatic heterocycles. The maximum Gasteiger partial charge on any atom is 0.0796 e. The van der Waals surface area contributed by atoms with E-state index in [1.807, 2.05) is 6.07 Å². The van der Waals surface area contributed by atoms with E-state index in [4.69, 9.17) is 0 Å². The molecule has 64 valence electrons. The summed E-state index contributed by atoms with van der Waals surface area (Å²) in [5, 5.41) is 9.58. The molecule has 0 aromatic heterocycles. The number of halogens is 1. The highest BCUT2D eigenvalue weighted by Gasteiger charge is 2.20. The van der Waals surface area contributed by atoms with E-state index in [1.54, 1.807) is 0 Å². The largest absolute Gasteiger partial charge is 0.388 e. The van der Waals surface area contributed by atoms with Gasteiger partial charge in [0.2, 0.25) is 0 Å². The summed E-state index contributed by atoms with van der Waals surface area (Å²) in [6, 6.07) is 4.21. The third-order valence-electron chi connectivity index (χ3n) is 2.47. The fraction of sp³-hybridized carbons (Fsp3) is 0.400. The average Bonchev–Trinajstić information content (AvgIpc) is 2.35. The van der Waals surface area contributed by atoms with Gasteiger partial charge in [0.15, 0.2) is 0 Å². The topological polar surface area (TPSA) is 20.2 Å². The van der Waals surface area contributed by atoms with Gasteiger partial charge >= 0.3 is 0 Å². The normalized spacial score (nSPS) is 21.1. The number of hydrogen-bond acceptors (Lipinski definition) is 1. The van der Waals surface area contributed by atoms with Crippen molar-refractivity contribution in [1.29, 1.82) is 0 Å². The molecule has 1 N–H and O–H groups in total. The van der Waals surface area contributed by atoms with Gasteiger partial charge in [-0.15, -0.1) is 0 Å². The minimum Gasteiger partial charge on any atom is -0.388 e. The Labute approximate surface area is 80.5 Å². The molecule has 0 amide bonds. The van der Waals surface area contributed by atoms with Crippen LogP contribution in [0.15, 0.2) is 16.6 Å². The van der Waals surface area contributed by atoms with Gasteiger partial charge in [0, 0.05) is 4.47 Å². The maximum absolute atomic E-state index is 9.58. The first-order valence-electron chi connectivity index (χ1n) is 4.15. The summed E-state index contributed by atoms with van der Waals surface area (Å²) in [6.07, 6.45) is 1.66. The first-order valence-corrected chi connectivity index (χ1v) is 4.95. The van der Waals surface area contributed by atoms with Gasteiger partial charge < -0.3 is 5.11 Å². The molecule has 0 bridgehead atoms. The van der Waals surface area contributed by atoms with Crippen LogP contribution in [0, 0.1) is 6.92 Å². The third kappa shape index (κ3) is 1.19. The summed E-state index contributed by atoms with van der Waals surface area (Å²) in [7, 11) is 0. The second-order valence-electron chi connectivity index (χ2n) is 3.35. The Kier molecular flexibility index (Phi) is 1.97. The second-order valence-corrected chi connectivity index (χ2v) is 4.21. The number of aliphatic hydroxyl groups excluding tert-OH is 1. The van der Waals surface area contributed by atoms with E-state index in [1.165, 1.54) is 11.1 Å². The SMILES string of the molecule is Cc1cc2c(cc1Br)C(O)CC2. The fourth-order valence-corrected chi connectivity index (χ4v) is 2.09. The number of benzene rings is 1. The van der Waals surface area contributed by atoms with Gasteiger partial charge in [-0.05, 0) is 42.5 Å². The van der Waals surface area contributed by atoms with Gasteiger partial charge in [-0.25, -0.2) is 0 Å². The Bertz CT molecular complexity index is 320. The number of fused-ring (bicyclic) bond motifs is 1. The molecule has 2 heteroatoms. The minimum absolute atomic E-state index is 0.239. The van der Waals surface area contributed by atoms with Crippen LogP contribution in [0.1, 0.15) is 29.2 Å². The zero-order chi connectivity index (χ0) is 8.72. The smallest absolute Gasteiger partial charge is 0.0796 e. The molecule has 1 aromatic carbocycles. The summed E-state index contributed by atoms with van der Waals surface area (Å²) < 4.78 is 1.10. The van der Waals surface area contributed by atoms with E-state index in [0.29, 0.717) is 0 Å². The molecule has 0 radical (unpaired) electrons. The Balaban J connectivity index is 2.56. The van der Waals surface area contributed by atoms with Crippen LogP contribution in [0.3, 0.4) is 0 Å². The number of rotatable bonds is 0. The van der Waals surface area contributed by atoms with Crippen LogP contribution in [0.2, 0.25) is 0 Å². The predicted octanol–water partition coefficient (Wildman–Crippen LogP) is 2.74. The molecule has 0 saturated carbocycles. The molecule has 1 unspecified atom stereocenters. The highest BCUT2D eigenvalue weighted by atomic mass is 79.9. The molecule has 0 fully saturated rings. The van der Waals surface area contributed by atoms with Crippen LogP contribution < -0.4 is 0 Å².